The van der Waals surface area contributed by atoms with E-state index in [0.29, 0.717) is 11.4 Å². The summed E-state index contributed by atoms with van der Waals surface area (Å²) in [4.78, 5) is 0. The van der Waals surface area contributed by atoms with Crippen LogP contribution in [0.25, 0.3) is 0 Å². The Bertz CT molecular complexity index is 517. The van der Waals surface area contributed by atoms with Crippen molar-refractivity contribution in [1.29, 1.82) is 0 Å². The highest BCUT2D eigenvalue weighted by Gasteiger charge is 2.24. The maximum atomic E-state index is 10.5. The summed E-state index contributed by atoms with van der Waals surface area (Å²) in [7, 11) is 0. The van der Waals surface area contributed by atoms with Gasteiger partial charge in [-0.25, -0.2) is 0 Å². The van der Waals surface area contributed by atoms with Gasteiger partial charge in [-0.2, -0.15) is 5.10 Å². The summed E-state index contributed by atoms with van der Waals surface area (Å²) < 4.78 is 1.85. The number of nitrogens with zero attached hydrogens (tertiary/aromatic N) is 2. The van der Waals surface area contributed by atoms with Crippen LogP contribution in [0.5, 0.6) is 0 Å². The zero-order valence-electron chi connectivity index (χ0n) is 10.6. The fraction of sp³-hybridized carbons (Fsp3) is 0.357. The molecule has 0 aliphatic rings. The van der Waals surface area contributed by atoms with Gasteiger partial charge in [-0.05, 0) is 37.1 Å². The van der Waals surface area contributed by atoms with Crippen LogP contribution in [0, 0.1) is 0 Å². The van der Waals surface area contributed by atoms with E-state index in [4.69, 9.17) is 11.6 Å². The third kappa shape index (κ3) is 2.92. The topological polar surface area (TPSA) is 38.0 Å². The molecule has 1 aromatic heterocycles. The first-order chi connectivity index (χ1) is 8.51. The minimum absolute atomic E-state index is 0.536. The van der Waals surface area contributed by atoms with Crippen LogP contribution in [0.3, 0.4) is 0 Å². The van der Waals surface area contributed by atoms with Crippen LogP contribution in [0.15, 0.2) is 36.7 Å². The quantitative estimate of drug-likeness (QED) is 0.922. The third-order valence-electron chi connectivity index (χ3n) is 3.03. The third-order valence-corrected chi connectivity index (χ3v) is 3.28. The molecular weight excluding hydrogens is 248 g/mol. The SMILES string of the molecule is CCn1cc(CC(C)(O)c2ccc(Cl)cc2)cn1. The average Bonchev–Trinajstić information content (AvgIpc) is 2.76. The molecule has 18 heavy (non-hydrogen) atoms. The predicted octanol–water partition coefficient (Wildman–Crippen LogP) is 3.01. The van der Waals surface area contributed by atoms with Crippen LogP contribution in [0.4, 0.5) is 0 Å². The number of benzene rings is 1. The lowest BCUT2D eigenvalue weighted by Gasteiger charge is -2.23. The fourth-order valence-corrected chi connectivity index (χ4v) is 2.11. The summed E-state index contributed by atoms with van der Waals surface area (Å²) in [5.41, 5.74) is 0.972. The second-order valence-electron chi connectivity index (χ2n) is 4.66. The molecule has 0 bridgehead atoms. The number of aromatic nitrogens is 2. The summed E-state index contributed by atoms with van der Waals surface area (Å²) in [5.74, 6) is 0. The fourth-order valence-electron chi connectivity index (χ4n) is 1.98. The highest BCUT2D eigenvalue weighted by atomic mass is 35.5. The second-order valence-corrected chi connectivity index (χ2v) is 5.10. The van der Waals surface area contributed by atoms with Crippen molar-refractivity contribution in [2.75, 3.05) is 0 Å². The Hall–Kier alpha value is -1.32. The lowest BCUT2D eigenvalue weighted by molar-refractivity contribution is 0.0576. The predicted molar refractivity (Wildman–Crippen MR) is 72.6 cm³/mol. The normalized spacial score (nSPS) is 14.4. The minimum Gasteiger partial charge on any atom is -0.385 e. The zero-order chi connectivity index (χ0) is 13.2. The van der Waals surface area contributed by atoms with Gasteiger partial charge < -0.3 is 5.11 Å². The first kappa shape index (κ1) is 13.1. The van der Waals surface area contributed by atoms with Gasteiger partial charge in [0.15, 0.2) is 0 Å². The molecule has 2 aromatic rings. The van der Waals surface area contributed by atoms with Gasteiger partial charge in [0.1, 0.15) is 0 Å². The molecule has 3 nitrogen and oxygen atoms in total. The maximum Gasteiger partial charge on any atom is 0.0909 e. The first-order valence-corrected chi connectivity index (χ1v) is 6.39. The van der Waals surface area contributed by atoms with E-state index in [1.54, 1.807) is 25.3 Å². The lowest BCUT2D eigenvalue weighted by Crippen LogP contribution is -2.23. The van der Waals surface area contributed by atoms with Crippen molar-refractivity contribution in [2.45, 2.75) is 32.4 Å². The van der Waals surface area contributed by atoms with Crippen molar-refractivity contribution in [3.8, 4) is 0 Å². The number of hydrogen-bond acceptors (Lipinski definition) is 2. The van der Waals surface area contributed by atoms with Crippen molar-refractivity contribution in [3.63, 3.8) is 0 Å². The van der Waals surface area contributed by atoms with Gasteiger partial charge in [0.25, 0.3) is 0 Å². The second kappa shape index (κ2) is 5.12. The molecule has 0 fully saturated rings. The molecule has 2 rings (SSSR count). The van der Waals surface area contributed by atoms with E-state index >= 15 is 0 Å². The summed E-state index contributed by atoms with van der Waals surface area (Å²) in [6.45, 7) is 4.68. The Balaban J connectivity index is 2.18. The standard InChI is InChI=1S/C14H17ClN2O/c1-3-17-10-11(9-16-17)8-14(2,18)12-4-6-13(15)7-5-12/h4-7,9-10,18H,3,8H2,1-2H3. The molecule has 1 atom stereocenters. The molecule has 1 aromatic carbocycles. The first-order valence-electron chi connectivity index (χ1n) is 6.01. The number of aryl methyl sites for hydroxylation is 1. The Morgan fingerprint density at radius 3 is 2.56 bits per heavy atom. The monoisotopic (exact) mass is 264 g/mol. The van der Waals surface area contributed by atoms with E-state index < -0.39 is 5.60 Å². The number of rotatable bonds is 4. The largest absolute Gasteiger partial charge is 0.385 e. The van der Waals surface area contributed by atoms with E-state index in [-0.39, 0.29) is 0 Å². The molecule has 1 N–H and O–H groups in total. The van der Waals surface area contributed by atoms with Gasteiger partial charge >= 0.3 is 0 Å². The van der Waals surface area contributed by atoms with Gasteiger partial charge in [0.2, 0.25) is 0 Å². The van der Waals surface area contributed by atoms with Gasteiger partial charge in [0.05, 0.1) is 11.8 Å². The molecule has 0 saturated heterocycles. The van der Waals surface area contributed by atoms with Crippen molar-refractivity contribution in [1.82, 2.24) is 9.78 Å². The molecule has 1 heterocycles. The molecule has 1 unspecified atom stereocenters. The van der Waals surface area contributed by atoms with Crippen molar-refractivity contribution in [3.05, 3.63) is 52.8 Å². The van der Waals surface area contributed by atoms with Crippen LogP contribution in [-0.2, 0) is 18.6 Å². The van der Waals surface area contributed by atoms with Crippen molar-refractivity contribution >= 4 is 11.6 Å². The van der Waals surface area contributed by atoms with Crippen LogP contribution in [0.1, 0.15) is 25.0 Å². The molecule has 4 heteroatoms. The Labute approximate surface area is 112 Å². The van der Waals surface area contributed by atoms with Crippen molar-refractivity contribution < 1.29 is 5.11 Å². The van der Waals surface area contributed by atoms with Crippen molar-refractivity contribution in [2.24, 2.45) is 0 Å². The molecule has 0 spiro atoms. The van der Waals surface area contributed by atoms with Gasteiger partial charge in [0, 0.05) is 24.2 Å². The highest BCUT2D eigenvalue weighted by molar-refractivity contribution is 6.30. The summed E-state index contributed by atoms with van der Waals surface area (Å²) in [5, 5.41) is 15.4. The molecular formula is C14H17ClN2O. The Morgan fingerprint density at radius 2 is 2.00 bits per heavy atom. The number of hydrogen-bond donors (Lipinski definition) is 1. The van der Waals surface area contributed by atoms with Gasteiger partial charge in [-0.3, -0.25) is 4.68 Å². The van der Waals surface area contributed by atoms with Crippen LogP contribution >= 0.6 is 11.6 Å². The van der Waals surface area contributed by atoms with E-state index in [0.717, 1.165) is 17.7 Å². The Morgan fingerprint density at radius 1 is 1.33 bits per heavy atom. The average molecular weight is 265 g/mol. The molecule has 0 amide bonds. The molecule has 0 aliphatic heterocycles. The van der Waals surface area contributed by atoms with E-state index in [9.17, 15) is 5.11 Å². The van der Waals surface area contributed by atoms with E-state index in [1.807, 2.05) is 29.9 Å². The summed E-state index contributed by atoms with van der Waals surface area (Å²) in [6, 6.07) is 7.29. The molecule has 96 valence electrons. The molecule has 0 saturated carbocycles. The summed E-state index contributed by atoms with van der Waals surface area (Å²) >= 11 is 5.85. The van der Waals surface area contributed by atoms with Gasteiger partial charge in [-0.15, -0.1) is 0 Å². The van der Waals surface area contributed by atoms with E-state index in [2.05, 4.69) is 5.10 Å². The van der Waals surface area contributed by atoms with Crippen LogP contribution in [0.2, 0.25) is 5.02 Å². The zero-order valence-corrected chi connectivity index (χ0v) is 11.4. The van der Waals surface area contributed by atoms with E-state index in [1.165, 1.54) is 0 Å². The van der Waals surface area contributed by atoms with Gasteiger partial charge in [-0.1, -0.05) is 23.7 Å². The smallest absolute Gasteiger partial charge is 0.0909 e. The minimum atomic E-state index is -0.911. The van der Waals surface area contributed by atoms with Crippen LogP contribution < -0.4 is 0 Å². The number of halogens is 1. The maximum absolute atomic E-state index is 10.5. The lowest BCUT2D eigenvalue weighted by atomic mass is 9.90. The Kier molecular flexibility index (Phi) is 3.73. The van der Waals surface area contributed by atoms with Crippen LogP contribution in [-0.4, -0.2) is 14.9 Å². The number of aliphatic hydroxyl groups is 1. The summed E-state index contributed by atoms with van der Waals surface area (Å²) in [6.07, 6.45) is 4.30. The molecule has 0 radical (unpaired) electrons. The molecule has 0 aliphatic carbocycles. The highest BCUT2D eigenvalue weighted by Crippen LogP contribution is 2.26.